The molecule has 0 aliphatic heterocycles. The predicted molar refractivity (Wildman–Crippen MR) is 85.8 cm³/mol. The van der Waals surface area contributed by atoms with Crippen LogP contribution in [0.3, 0.4) is 0 Å². The number of aliphatic hydroxyl groups excluding tert-OH is 1. The van der Waals surface area contributed by atoms with Crippen molar-refractivity contribution in [2.75, 3.05) is 0 Å². The molecule has 1 aromatic carbocycles. The van der Waals surface area contributed by atoms with Crippen LogP contribution < -0.4 is 0 Å². The maximum Gasteiger partial charge on any atom is 0.113 e. The minimum absolute atomic E-state index is 0.526. The number of thiophene rings is 1. The van der Waals surface area contributed by atoms with Crippen LogP contribution in [0.2, 0.25) is 0 Å². The molecule has 0 radical (unpaired) electrons. The Hall–Kier alpha value is -0.640. The zero-order valence-electron chi connectivity index (χ0n) is 11.5. The number of rotatable bonds is 4. The standard InChI is InChI=1S/C16H19BrOS/c1-10(2)7-12-5-4-6-13(8-12)16(18)15-9-14(17)11(3)19-15/h4-6,8-10,16,18H,7H2,1-3H3. The first-order valence-corrected chi connectivity index (χ1v) is 8.11. The smallest absolute Gasteiger partial charge is 0.113 e. The molecule has 2 rings (SSSR count). The zero-order chi connectivity index (χ0) is 14.0. The van der Waals surface area contributed by atoms with Gasteiger partial charge in [-0.25, -0.2) is 0 Å². The van der Waals surface area contributed by atoms with Crippen molar-refractivity contribution in [1.82, 2.24) is 0 Å². The first kappa shape index (κ1) is 14.8. The SMILES string of the molecule is Cc1sc(C(O)c2cccc(CC(C)C)c2)cc1Br. The summed E-state index contributed by atoms with van der Waals surface area (Å²) in [6.45, 7) is 6.48. The van der Waals surface area contributed by atoms with Crippen molar-refractivity contribution in [2.45, 2.75) is 33.3 Å². The molecule has 0 amide bonds. The van der Waals surface area contributed by atoms with Crippen LogP contribution in [-0.2, 0) is 6.42 Å². The summed E-state index contributed by atoms with van der Waals surface area (Å²) >= 11 is 5.14. The molecule has 0 spiro atoms. The van der Waals surface area contributed by atoms with E-state index in [0.29, 0.717) is 5.92 Å². The van der Waals surface area contributed by atoms with Crippen molar-refractivity contribution in [3.63, 3.8) is 0 Å². The van der Waals surface area contributed by atoms with Crippen molar-refractivity contribution < 1.29 is 5.11 Å². The third-order valence-electron chi connectivity index (χ3n) is 3.06. The Morgan fingerprint density at radius 1 is 1.26 bits per heavy atom. The summed E-state index contributed by atoms with van der Waals surface area (Å²) in [5.41, 5.74) is 2.27. The van der Waals surface area contributed by atoms with E-state index >= 15 is 0 Å². The lowest BCUT2D eigenvalue weighted by atomic mass is 9.99. The normalized spacial score (nSPS) is 12.9. The lowest BCUT2D eigenvalue weighted by Gasteiger charge is -2.12. The molecule has 1 unspecified atom stereocenters. The predicted octanol–water partition coefficient (Wildman–Crippen LogP) is 5.10. The fourth-order valence-electron chi connectivity index (χ4n) is 2.14. The van der Waals surface area contributed by atoms with E-state index < -0.39 is 6.10 Å². The van der Waals surface area contributed by atoms with Crippen molar-refractivity contribution in [3.8, 4) is 0 Å². The molecule has 0 fully saturated rings. The monoisotopic (exact) mass is 338 g/mol. The van der Waals surface area contributed by atoms with Gasteiger partial charge in [0.2, 0.25) is 0 Å². The number of hydrogen-bond donors (Lipinski definition) is 1. The molecule has 0 bridgehead atoms. The van der Waals surface area contributed by atoms with E-state index in [1.807, 2.05) is 18.2 Å². The number of halogens is 1. The average molecular weight is 339 g/mol. The Balaban J connectivity index is 2.25. The maximum absolute atomic E-state index is 10.5. The summed E-state index contributed by atoms with van der Waals surface area (Å²) in [6, 6.07) is 10.3. The van der Waals surface area contributed by atoms with Gasteiger partial charge < -0.3 is 5.11 Å². The van der Waals surface area contributed by atoms with Gasteiger partial charge in [0, 0.05) is 14.2 Å². The molecule has 0 aliphatic carbocycles. The molecule has 0 saturated heterocycles. The summed E-state index contributed by atoms with van der Waals surface area (Å²) < 4.78 is 1.07. The lowest BCUT2D eigenvalue weighted by Crippen LogP contribution is -2.00. The molecule has 1 heterocycles. The number of aryl methyl sites for hydroxylation is 1. The summed E-state index contributed by atoms with van der Waals surface area (Å²) in [4.78, 5) is 2.19. The lowest BCUT2D eigenvalue weighted by molar-refractivity contribution is 0.224. The highest BCUT2D eigenvalue weighted by Crippen LogP contribution is 2.33. The second kappa shape index (κ2) is 6.21. The van der Waals surface area contributed by atoms with Gasteiger partial charge in [-0.3, -0.25) is 0 Å². The van der Waals surface area contributed by atoms with E-state index in [2.05, 4.69) is 48.8 Å². The maximum atomic E-state index is 10.5. The van der Waals surface area contributed by atoms with Crippen LogP contribution in [0.4, 0.5) is 0 Å². The van der Waals surface area contributed by atoms with Crippen molar-refractivity contribution in [3.05, 3.63) is 55.7 Å². The summed E-state index contributed by atoms with van der Waals surface area (Å²) in [5.74, 6) is 0.630. The topological polar surface area (TPSA) is 20.2 Å². The molecule has 1 nitrogen and oxygen atoms in total. The van der Waals surface area contributed by atoms with Crippen LogP contribution in [0, 0.1) is 12.8 Å². The second-order valence-electron chi connectivity index (χ2n) is 5.30. The van der Waals surface area contributed by atoms with E-state index in [0.717, 1.165) is 21.3 Å². The second-order valence-corrected chi connectivity index (χ2v) is 7.44. The van der Waals surface area contributed by atoms with Crippen LogP contribution in [0.1, 0.15) is 40.8 Å². The number of hydrogen-bond acceptors (Lipinski definition) is 2. The van der Waals surface area contributed by atoms with Gasteiger partial charge in [-0.15, -0.1) is 11.3 Å². The van der Waals surface area contributed by atoms with E-state index in [1.54, 1.807) is 11.3 Å². The van der Waals surface area contributed by atoms with Gasteiger partial charge >= 0.3 is 0 Å². The fraction of sp³-hybridized carbons (Fsp3) is 0.375. The molecule has 3 heteroatoms. The van der Waals surface area contributed by atoms with E-state index in [1.165, 1.54) is 10.4 Å². The average Bonchev–Trinajstić information content (AvgIpc) is 2.68. The Labute approximate surface area is 127 Å². The highest BCUT2D eigenvalue weighted by molar-refractivity contribution is 9.10. The highest BCUT2D eigenvalue weighted by atomic mass is 79.9. The minimum Gasteiger partial charge on any atom is -0.383 e. The minimum atomic E-state index is -0.526. The van der Waals surface area contributed by atoms with Crippen LogP contribution >= 0.6 is 27.3 Å². The molecule has 1 atom stereocenters. The van der Waals surface area contributed by atoms with Gasteiger partial charge in [0.25, 0.3) is 0 Å². The third kappa shape index (κ3) is 3.68. The summed E-state index contributed by atoms with van der Waals surface area (Å²) in [5, 5.41) is 10.5. The molecule has 1 aromatic heterocycles. The Kier molecular flexibility index (Phi) is 4.82. The molecular formula is C16H19BrOS. The first-order chi connectivity index (χ1) is 8.97. The Morgan fingerprint density at radius 2 is 2.00 bits per heavy atom. The van der Waals surface area contributed by atoms with Gasteiger partial charge in [-0.1, -0.05) is 38.1 Å². The quantitative estimate of drug-likeness (QED) is 0.822. The van der Waals surface area contributed by atoms with Crippen LogP contribution in [0.25, 0.3) is 0 Å². The van der Waals surface area contributed by atoms with Gasteiger partial charge in [0.1, 0.15) is 6.10 Å². The van der Waals surface area contributed by atoms with Gasteiger partial charge in [0.05, 0.1) is 0 Å². The largest absolute Gasteiger partial charge is 0.383 e. The van der Waals surface area contributed by atoms with E-state index in [-0.39, 0.29) is 0 Å². The molecule has 102 valence electrons. The summed E-state index contributed by atoms with van der Waals surface area (Å²) in [7, 11) is 0. The van der Waals surface area contributed by atoms with Gasteiger partial charge in [-0.05, 0) is 52.4 Å². The van der Waals surface area contributed by atoms with Gasteiger partial charge in [-0.2, -0.15) is 0 Å². The molecule has 0 saturated carbocycles. The fourth-order valence-corrected chi connectivity index (χ4v) is 3.72. The van der Waals surface area contributed by atoms with Crippen molar-refractivity contribution in [2.24, 2.45) is 5.92 Å². The Morgan fingerprint density at radius 3 is 2.58 bits per heavy atom. The zero-order valence-corrected chi connectivity index (χ0v) is 13.9. The third-order valence-corrected chi connectivity index (χ3v) is 5.25. The molecule has 1 N–H and O–H groups in total. The van der Waals surface area contributed by atoms with Gasteiger partial charge in [0.15, 0.2) is 0 Å². The van der Waals surface area contributed by atoms with Crippen molar-refractivity contribution >= 4 is 27.3 Å². The molecule has 0 aliphatic rings. The van der Waals surface area contributed by atoms with E-state index in [4.69, 9.17) is 0 Å². The van der Waals surface area contributed by atoms with Crippen LogP contribution in [0.5, 0.6) is 0 Å². The van der Waals surface area contributed by atoms with Crippen LogP contribution in [0.15, 0.2) is 34.8 Å². The number of benzene rings is 1. The highest BCUT2D eigenvalue weighted by Gasteiger charge is 2.15. The molecular weight excluding hydrogens is 320 g/mol. The van der Waals surface area contributed by atoms with Crippen molar-refractivity contribution in [1.29, 1.82) is 0 Å². The number of aliphatic hydroxyl groups is 1. The molecule has 2 aromatic rings. The first-order valence-electron chi connectivity index (χ1n) is 6.50. The van der Waals surface area contributed by atoms with E-state index in [9.17, 15) is 5.11 Å². The van der Waals surface area contributed by atoms with Crippen LogP contribution in [-0.4, -0.2) is 5.11 Å². The Bertz CT molecular complexity index is 540. The summed E-state index contributed by atoms with van der Waals surface area (Å²) in [6.07, 6.45) is 0.524. The molecule has 19 heavy (non-hydrogen) atoms.